The van der Waals surface area contributed by atoms with Crippen LogP contribution in [-0.2, 0) is 21.0 Å². The Morgan fingerprint density at radius 2 is 1.98 bits per heavy atom. The Bertz CT molecular complexity index is 1270. The molecule has 3 heterocycles. The molecule has 0 radical (unpaired) electrons. The highest BCUT2D eigenvalue weighted by molar-refractivity contribution is 5.84. The number of ketones is 1. The van der Waals surface area contributed by atoms with Crippen molar-refractivity contribution in [1.82, 2.24) is 15.2 Å². The Kier molecular flexibility index (Phi) is 10.8. The van der Waals surface area contributed by atoms with Crippen LogP contribution in [0.25, 0.3) is 0 Å². The van der Waals surface area contributed by atoms with Crippen molar-refractivity contribution < 1.29 is 28.6 Å². The van der Waals surface area contributed by atoms with Crippen LogP contribution >= 0.6 is 0 Å². The fraction of sp³-hybridized carbons (Fsp3) is 0.516. The number of nitrogens with zero attached hydrogens (tertiary/aromatic N) is 3. The number of carboxylic acids is 1. The number of aromatic nitrogens is 1. The Labute approximate surface area is 239 Å². The van der Waals surface area contributed by atoms with Gasteiger partial charge in [-0.25, -0.2) is 4.39 Å². The monoisotopic (exact) mass is 564 g/mol. The van der Waals surface area contributed by atoms with Gasteiger partial charge in [0, 0.05) is 44.0 Å². The minimum absolute atomic E-state index is 0.0276. The average molecular weight is 565 g/mol. The number of benzene rings is 1. The second-order valence-corrected chi connectivity index (χ2v) is 11.0. The van der Waals surface area contributed by atoms with Gasteiger partial charge in [0.15, 0.2) is 0 Å². The molecule has 4 rings (SSSR count). The van der Waals surface area contributed by atoms with Crippen LogP contribution in [0.4, 0.5) is 4.39 Å². The van der Waals surface area contributed by atoms with Crippen LogP contribution in [0.2, 0.25) is 0 Å². The number of amides is 1. The molecule has 2 aromatic rings. The van der Waals surface area contributed by atoms with E-state index in [0.29, 0.717) is 48.7 Å². The summed E-state index contributed by atoms with van der Waals surface area (Å²) in [5.41, 5.74) is 1.03. The average Bonchev–Trinajstić information content (AvgIpc) is 2.99. The van der Waals surface area contributed by atoms with Crippen LogP contribution in [0, 0.1) is 29.0 Å². The first kappa shape index (κ1) is 30.1. The number of nitrogens with one attached hydrogen (secondary N) is 1. The fourth-order valence-electron chi connectivity index (χ4n) is 5.69. The van der Waals surface area contributed by atoms with E-state index >= 15 is 0 Å². The summed E-state index contributed by atoms with van der Waals surface area (Å²) in [6.45, 7) is 3.06. The number of rotatable bonds is 12. The number of carbonyl (C=O) groups is 3. The standard InChI is InChI=1S/C31H37FN4O5/c32-28-12-22(3-5-23(28)16-33)20-41-27-13-26(17-35-18-27)25(15-31(39)40)14-29(37)24-2-1-11-36(19-24)30(38)6-4-21-7-9-34-10-8-21/h3,5,12-13,17-18,21,24-25,34H,1-2,4,6-11,14-15,19-20H2,(H,39,40)/t24-,25+/m1/s1. The maximum Gasteiger partial charge on any atom is 0.303 e. The summed E-state index contributed by atoms with van der Waals surface area (Å²) in [5.74, 6) is -1.61. The molecule has 1 aromatic heterocycles. The molecule has 0 bridgehead atoms. The summed E-state index contributed by atoms with van der Waals surface area (Å²) in [7, 11) is 0. The number of halogens is 1. The Balaban J connectivity index is 1.35. The van der Waals surface area contributed by atoms with Crippen molar-refractivity contribution in [3.63, 3.8) is 0 Å². The molecule has 2 N–H and O–H groups in total. The van der Waals surface area contributed by atoms with E-state index in [0.717, 1.165) is 38.8 Å². The molecule has 2 saturated heterocycles. The number of aliphatic carboxylic acids is 1. The Morgan fingerprint density at radius 1 is 1.17 bits per heavy atom. The van der Waals surface area contributed by atoms with E-state index in [1.807, 2.05) is 0 Å². The predicted molar refractivity (Wildman–Crippen MR) is 148 cm³/mol. The van der Waals surface area contributed by atoms with Crippen LogP contribution in [0.5, 0.6) is 5.75 Å². The van der Waals surface area contributed by atoms with Crippen molar-refractivity contribution in [2.75, 3.05) is 26.2 Å². The number of hydrogen-bond donors (Lipinski definition) is 2. The van der Waals surface area contributed by atoms with Crippen LogP contribution in [0.15, 0.2) is 36.7 Å². The van der Waals surface area contributed by atoms with Crippen LogP contribution < -0.4 is 10.1 Å². The minimum Gasteiger partial charge on any atom is -0.487 e. The summed E-state index contributed by atoms with van der Waals surface area (Å²) < 4.78 is 19.7. The maximum atomic E-state index is 13.9. The number of piperidine rings is 2. The molecule has 9 nitrogen and oxygen atoms in total. The smallest absolute Gasteiger partial charge is 0.303 e. The Hall–Kier alpha value is -3.84. The third-order valence-corrected chi connectivity index (χ3v) is 8.09. The third-order valence-electron chi connectivity index (χ3n) is 8.09. The van der Waals surface area contributed by atoms with Crippen LogP contribution in [-0.4, -0.2) is 58.8 Å². The van der Waals surface area contributed by atoms with Crippen molar-refractivity contribution in [2.45, 2.75) is 63.9 Å². The van der Waals surface area contributed by atoms with Gasteiger partial charge in [0.05, 0.1) is 18.2 Å². The molecule has 2 atom stereocenters. The number of Topliss-reactive ketones (excluding diaryl/α,β-unsaturated/α-hetero) is 1. The highest BCUT2D eigenvalue weighted by Gasteiger charge is 2.31. The highest BCUT2D eigenvalue weighted by atomic mass is 19.1. The predicted octanol–water partition coefficient (Wildman–Crippen LogP) is 4.21. The van der Waals surface area contributed by atoms with Gasteiger partial charge >= 0.3 is 5.97 Å². The number of ether oxygens (including phenoxy) is 1. The van der Waals surface area contributed by atoms with Gasteiger partial charge in [-0.2, -0.15) is 5.26 Å². The quantitative estimate of drug-likeness (QED) is 0.392. The van der Waals surface area contributed by atoms with Crippen molar-refractivity contribution in [3.05, 3.63) is 59.2 Å². The van der Waals surface area contributed by atoms with Gasteiger partial charge in [-0.3, -0.25) is 19.4 Å². The van der Waals surface area contributed by atoms with Crippen LogP contribution in [0.1, 0.15) is 74.0 Å². The van der Waals surface area contributed by atoms with E-state index in [1.54, 1.807) is 23.1 Å². The molecule has 2 aliphatic heterocycles. The summed E-state index contributed by atoms with van der Waals surface area (Å²) in [6, 6.07) is 7.64. The van der Waals surface area contributed by atoms with Crippen LogP contribution in [0.3, 0.4) is 0 Å². The number of nitriles is 1. The summed E-state index contributed by atoms with van der Waals surface area (Å²) in [4.78, 5) is 44.0. The van der Waals surface area contributed by atoms with Crippen molar-refractivity contribution in [3.8, 4) is 11.8 Å². The molecule has 1 aromatic carbocycles. The molecule has 218 valence electrons. The zero-order valence-electron chi connectivity index (χ0n) is 23.2. The van der Waals surface area contributed by atoms with Gasteiger partial charge < -0.3 is 20.1 Å². The second kappa shape index (κ2) is 14.7. The molecule has 0 saturated carbocycles. The second-order valence-electron chi connectivity index (χ2n) is 11.0. The van der Waals surface area contributed by atoms with Gasteiger partial charge in [0.2, 0.25) is 5.91 Å². The molecule has 1 amide bonds. The largest absolute Gasteiger partial charge is 0.487 e. The zero-order valence-corrected chi connectivity index (χ0v) is 23.2. The summed E-state index contributed by atoms with van der Waals surface area (Å²) >= 11 is 0. The van der Waals surface area contributed by atoms with Gasteiger partial charge in [0.1, 0.15) is 30.0 Å². The Morgan fingerprint density at radius 3 is 2.71 bits per heavy atom. The molecule has 41 heavy (non-hydrogen) atoms. The fourth-order valence-corrected chi connectivity index (χ4v) is 5.69. The van der Waals surface area contributed by atoms with Gasteiger partial charge in [-0.1, -0.05) is 6.07 Å². The van der Waals surface area contributed by atoms with Gasteiger partial charge in [-0.15, -0.1) is 0 Å². The first-order valence-corrected chi connectivity index (χ1v) is 14.3. The minimum atomic E-state index is -1.03. The molecule has 0 unspecified atom stereocenters. The summed E-state index contributed by atoms with van der Waals surface area (Å²) in [5, 5.41) is 21.8. The number of pyridine rings is 1. The third kappa shape index (κ3) is 8.82. The molecule has 0 spiro atoms. The van der Waals surface area contributed by atoms with Crippen molar-refractivity contribution in [1.29, 1.82) is 5.26 Å². The van der Waals surface area contributed by atoms with Crippen molar-refractivity contribution in [2.24, 2.45) is 11.8 Å². The molecule has 2 fully saturated rings. The summed E-state index contributed by atoms with van der Waals surface area (Å²) in [6.07, 6.45) is 7.78. The molecule has 0 aliphatic carbocycles. The topological polar surface area (TPSA) is 133 Å². The number of likely N-dealkylation sites (tertiary alicyclic amines) is 1. The molecular weight excluding hydrogens is 527 g/mol. The lowest BCUT2D eigenvalue weighted by atomic mass is 9.84. The first-order valence-electron chi connectivity index (χ1n) is 14.3. The number of carboxylic acid groups (broad SMARTS) is 1. The zero-order chi connectivity index (χ0) is 29.2. The lowest BCUT2D eigenvalue weighted by Gasteiger charge is -2.33. The highest BCUT2D eigenvalue weighted by Crippen LogP contribution is 2.30. The van der Waals surface area contributed by atoms with E-state index in [-0.39, 0.29) is 42.6 Å². The molecule has 10 heteroatoms. The number of hydrogen-bond acceptors (Lipinski definition) is 7. The normalized spacial score (nSPS) is 18.3. The van der Waals surface area contributed by atoms with E-state index in [2.05, 4.69) is 10.3 Å². The van der Waals surface area contributed by atoms with E-state index in [9.17, 15) is 23.9 Å². The molecular formula is C31H37FN4O5. The molecule has 2 aliphatic rings. The lowest BCUT2D eigenvalue weighted by Crippen LogP contribution is -2.42. The first-order chi connectivity index (χ1) is 19.8. The van der Waals surface area contributed by atoms with E-state index in [1.165, 1.54) is 24.5 Å². The lowest BCUT2D eigenvalue weighted by molar-refractivity contribution is -0.137. The number of carbonyl (C=O) groups excluding carboxylic acids is 2. The van der Waals surface area contributed by atoms with E-state index < -0.39 is 17.7 Å². The van der Waals surface area contributed by atoms with Gasteiger partial charge in [-0.05, 0) is 80.4 Å². The van der Waals surface area contributed by atoms with E-state index in [4.69, 9.17) is 10.00 Å². The maximum absolute atomic E-state index is 13.9. The van der Waals surface area contributed by atoms with Crippen molar-refractivity contribution >= 4 is 17.7 Å². The SMILES string of the molecule is N#Cc1ccc(COc2cncc([C@H](CC(=O)O)CC(=O)[C@@H]3CCCN(C(=O)CCC4CCNCC4)C3)c2)cc1F. The van der Waals surface area contributed by atoms with Gasteiger partial charge in [0.25, 0.3) is 0 Å².